The maximum Gasteiger partial charge on any atom is 0.224 e. The van der Waals surface area contributed by atoms with Gasteiger partial charge in [-0.15, -0.1) is 0 Å². The van der Waals surface area contributed by atoms with Crippen LogP contribution in [0.4, 0.5) is 11.4 Å². The van der Waals surface area contributed by atoms with Gasteiger partial charge in [-0.3, -0.25) is 4.79 Å². The highest BCUT2D eigenvalue weighted by Gasteiger charge is 2.17. The molecule has 3 N–H and O–H groups in total. The maximum absolute atomic E-state index is 11.5. The van der Waals surface area contributed by atoms with Crippen molar-refractivity contribution in [1.82, 2.24) is 0 Å². The van der Waals surface area contributed by atoms with Gasteiger partial charge in [0.1, 0.15) is 11.5 Å². The van der Waals surface area contributed by atoms with Crippen LogP contribution in [-0.4, -0.2) is 13.0 Å². The summed E-state index contributed by atoms with van der Waals surface area (Å²) in [5.41, 5.74) is 8.38. The van der Waals surface area contributed by atoms with Gasteiger partial charge in [-0.25, -0.2) is 0 Å². The van der Waals surface area contributed by atoms with Crippen molar-refractivity contribution in [3.8, 4) is 17.2 Å². The smallest absolute Gasteiger partial charge is 0.224 e. The fourth-order valence-corrected chi connectivity index (χ4v) is 2.29. The molecular weight excluding hydrogens is 268 g/mol. The number of methoxy groups -OCH3 is 1. The molecule has 5 nitrogen and oxygen atoms in total. The van der Waals surface area contributed by atoms with Crippen LogP contribution in [-0.2, 0) is 11.2 Å². The Morgan fingerprint density at radius 2 is 1.81 bits per heavy atom. The van der Waals surface area contributed by atoms with Crippen molar-refractivity contribution in [2.24, 2.45) is 0 Å². The molecule has 0 aromatic heterocycles. The Balaban J connectivity index is 1.87. The van der Waals surface area contributed by atoms with E-state index < -0.39 is 0 Å². The number of nitrogens with two attached hydrogens (primary N) is 1. The topological polar surface area (TPSA) is 73.6 Å². The van der Waals surface area contributed by atoms with Gasteiger partial charge in [0.05, 0.1) is 12.8 Å². The first-order chi connectivity index (χ1) is 10.2. The van der Waals surface area contributed by atoms with E-state index in [-0.39, 0.29) is 5.91 Å². The van der Waals surface area contributed by atoms with Crippen molar-refractivity contribution in [3.05, 3.63) is 42.0 Å². The molecule has 0 saturated carbocycles. The molecule has 0 atom stereocenters. The predicted molar refractivity (Wildman–Crippen MR) is 80.9 cm³/mol. The number of fused-ring (bicyclic) bond motifs is 1. The Morgan fingerprint density at radius 3 is 2.52 bits per heavy atom. The zero-order valence-electron chi connectivity index (χ0n) is 11.7. The lowest BCUT2D eigenvalue weighted by molar-refractivity contribution is -0.116. The highest BCUT2D eigenvalue weighted by Crippen LogP contribution is 2.35. The van der Waals surface area contributed by atoms with Gasteiger partial charge in [0, 0.05) is 18.2 Å². The summed E-state index contributed by atoms with van der Waals surface area (Å²) in [7, 11) is 1.61. The minimum Gasteiger partial charge on any atom is -0.497 e. The third kappa shape index (κ3) is 2.76. The molecule has 2 aromatic carbocycles. The van der Waals surface area contributed by atoms with Crippen LogP contribution in [0, 0.1) is 0 Å². The van der Waals surface area contributed by atoms with E-state index in [1.54, 1.807) is 25.3 Å². The van der Waals surface area contributed by atoms with E-state index in [9.17, 15) is 4.79 Å². The average Bonchev–Trinajstić information content (AvgIpc) is 2.49. The van der Waals surface area contributed by atoms with Crippen molar-refractivity contribution < 1.29 is 14.3 Å². The van der Waals surface area contributed by atoms with Crippen molar-refractivity contribution in [2.45, 2.75) is 12.8 Å². The molecule has 1 amide bonds. The van der Waals surface area contributed by atoms with Crippen LogP contribution in [0.1, 0.15) is 12.0 Å². The highest BCUT2D eigenvalue weighted by molar-refractivity contribution is 5.94. The summed E-state index contributed by atoms with van der Waals surface area (Å²) < 4.78 is 10.9. The second-order valence-electron chi connectivity index (χ2n) is 4.87. The molecule has 0 aliphatic carbocycles. The summed E-state index contributed by atoms with van der Waals surface area (Å²) in [4.78, 5) is 11.5. The standard InChI is InChI=1S/C16H16N2O3/c1-20-11-3-5-12(6-4-11)21-15-9-14-10(8-13(15)17)2-7-16(19)18-14/h3-6,8-9H,2,7,17H2,1H3,(H,18,19). The van der Waals surface area contributed by atoms with E-state index in [2.05, 4.69) is 5.32 Å². The lowest BCUT2D eigenvalue weighted by Crippen LogP contribution is -2.19. The summed E-state index contributed by atoms with van der Waals surface area (Å²) in [6.07, 6.45) is 1.19. The van der Waals surface area contributed by atoms with Gasteiger partial charge in [0.25, 0.3) is 0 Å². The second kappa shape index (κ2) is 5.36. The Hall–Kier alpha value is -2.69. The normalized spacial score (nSPS) is 13.3. The zero-order valence-corrected chi connectivity index (χ0v) is 11.7. The summed E-state index contributed by atoms with van der Waals surface area (Å²) in [6.45, 7) is 0. The van der Waals surface area contributed by atoms with Gasteiger partial charge >= 0.3 is 0 Å². The molecule has 0 bridgehead atoms. The number of nitrogen functional groups attached to an aromatic ring is 1. The van der Waals surface area contributed by atoms with E-state index in [0.29, 0.717) is 30.0 Å². The zero-order chi connectivity index (χ0) is 14.8. The van der Waals surface area contributed by atoms with Crippen LogP contribution in [0.5, 0.6) is 17.2 Å². The predicted octanol–water partition coefficient (Wildman–Crippen LogP) is 2.95. The third-order valence-electron chi connectivity index (χ3n) is 3.42. The molecule has 0 unspecified atom stereocenters. The summed E-state index contributed by atoms with van der Waals surface area (Å²) in [5.74, 6) is 1.96. The van der Waals surface area contributed by atoms with Gasteiger partial charge in [-0.1, -0.05) is 0 Å². The van der Waals surface area contributed by atoms with E-state index in [1.165, 1.54) is 0 Å². The van der Waals surface area contributed by atoms with Crippen LogP contribution in [0.3, 0.4) is 0 Å². The lowest BCUT2D eigenvalue weighted by atomic mass is 10.0. The second-order valence-corrected chi connectivity index (χ2v) is 4.87. The van der Waals surface area contributed by atoms with Gasteiger partial charge in [0.2, 0.25) is 5.91 Å². The Labute approximate surface area is 122 Å². The van der Waals surface area contributed by atoms with Crippen molar-refractivity contribution in [3.63, 3.8) is 0 Å². The monoisotopic (exact) mass is 284 g/mol. The maximum atomic E-state index is 11.5. The van der Waals surface area contributed by atoms with E-state index in [1.807, 2.05) is 18.2 Å². The fraction of sp³-hybridized carbons (Fsp3) is 0.188. The number of benzene rings is 2. The molecule has 2 aromatic rings. The van der Waals surface area contributed by atoms with Crippen molar-refractivity contribution >= 4 is 17.3 Å². The van der Waals surface area contributed by atoms with Crippen molar-refractivity contribution in [1.29, 1.82) is 0 Å². The summed E-state index contributed by atoms with van der Waals surface area (Å²) in [6, 6.07) is 10.9. The molecule has 1 heterocycles. The van der Waals surface area contributed by atoms with Crippen LogP contribution in [0.15, 0.2) is 36.4 Å². The molecule has 0 saturated heterocycles. The number of anilines is 2. The first-order valence-electron chi connectivity index (χ1n) is 6.70. The van der Waals surface area contributed by atoms with E-state index in [4.69, 9.17) is 15.2 Å². The van der Waals surface area contributed by atoms with Gasteiger partial charge in [0.15, 0.2) is 5.75 Å². The molecule has 1 aliphatic rings. The molecular formula is C16H16N2O3. The molecule has 5 heteroatoms. The molecule has 0 radical (unpaired) electrons. The number of carbonyl (C=O) groups is 1. The molecule has 0 spiro atoms. The first-order valence-corrected chi connectivity index (χ1v) is 6.70. The van der Waals surface area contributed by atoms with Gasteiger partial charge < -0.3 is 20.5 Å². The Morgan fingerprint density at radius 1 is 1.10 bits per heavy atom. The molecule has 1 aliphatic heterocycles. The SMILES string of the molecule is COc1ccc(Oc2cc3c(cc2N)CCC(=O)N3)cc1. The highest BCUT2D eigenvalue weighted by atomic mass is 16.5. The summed E-state index contributed by atoms with van der Waals surface area (Å²) >= 11 is 0. The Bertz CT molecular complexity index is 681. The Kier molecular flexibility index (Phi) is 3.39. The number of aryl methyl sites for hydroxylation is 1. The first kappa shape index (κ1) is 13.3. The van der Waals surface area contributed by atoms with Crippen LogP contribution < -0.4 is 20.5 Å². The quantitative estimate of drug-likeness (QED) is 0.850. The largest absolute Gasteiger partial charge is 0.497 e. The minimum atomic E-state index is 0.0164. The van der Waals surface area contributed by atoms with E-state index in [0.717, 1.165) is 17.0 Å². The number of hydrogen-bond acceptors (Lipinski definition) is 4. The van der Waals surface area contributed by atoms with Gasteiger partial charge in [-0.2, -0.15) is 0 Å². The number of carbonyl (C=O) groups excluding carboxylic acids is 1. The minimum absolute atomic E-state index is 0.0164. The number of amides is 1. The fourth-order valence-electron chi connectivity index (χ4n) is 2.29. The van der Waals surface area contributed by atoms with Crippen LogP contribution in [0.25, 0.3) is 0 Å². The summed E-state index contributed by atoms with van der Waals surface area (Å²) in [5, 5.41) is 2.84. The van der Waals surface area contributed by atoms with Crippen LogP contribution >= 0.6 is 0 Å². The number of hydrogen-bond donors (Lipinski definition) is 2. The van der Waals surface area contributed by atoms with Gasteiger partial charge in [-0.05, 0) is 42.3 Å². The number of nitrogens with one attached hydrogen (secondary N) is 1. The molecule has 108 valence electrons. The number of ether oxygens (including phenoxy) is 2. The third-order valence-corrected chi connectivity index (χ3v) is 3.42. The van der Waals surface area contributed by atoms with E-state index >= 15 is 0 Å². The average molecular weight is 284 g/mol. The van der Waals surface area contributed by atoms with Crippen molar-refractivity contribution in [2.75, 3.05) is 18.2 Å². The lowest BCUT2D eigenvalue weighted by Gasteiger charge is -2.19. The molecule has 21 heavy (non-hydrogen) atoms. The molecule has 3 rings (SSSR count). The number of rotatable bonds is 3. The molecule has 0 fully saturated rings. The van der Waals surface area contributed by atoms with Crippen LogP contribution in [0.2, 0.25) is 0 Å².